The Hall–Kier alpha value is -2.25. The molecule has 27 heavy (non-hydrogen) atoms. The molecule has 1 unspecified atom stereocenters. The standard InChI is InChI=1S/C20H29N3O3S/c1-5-21-19(23-14-20(3,24)16-9-10-27-13-16)22-12-15-7-8-17(26-6-2)18(11-15)25-4/h7-11,13,24H,5-6,12,14H2,1-4H3,(H2,21,22,23). The summed E-state index contributed by atoms with van der Waals surface area (Å²) in [6.07, 6.45) is 0. The lowest BCUT2D eigenvalue weighted by Gasteiger charge is -2.24. The van der Waals surface area contributed by atoms with Crippen LogP contribution in [0, 0.1) is 0 Å². The van der Waals surface area contributed by atoms with Crippen LogP contribution in [0.3, 0.4) is 0 Å². The van der Waals surface area contributed by atoms with Crippen molar-refractivity contribution in [2.24, 2.45) is 4.99 Å². The van der Waals surface area contributed by atoms with Crippen LogP contribution in [0.25, 0.3) is 0 Å². The number of nitrogens with one attached hydrogen (secondary N) is 2. The summed E-state index contributed by atoms with van der Waals surface area (Å²) in [5, 5.41) is 21.0. The molecule has 0 saturated heterocycles. The summed E-state index contributed by atoms with van der Waals surface area (Å²) in [5.41, 5.74) is 0.947. The van der Waals surface area contributed by atoms with E-state index in [0.29, 0.717) is 31.4 Å². The van der Waals surface area contributed by atoms with E-state index in [4.69, 9.17) is 9.47 Å². The number of hydrogen-bond donors (Lipinski definition) is 3. The predicted molar refractivity (Wildman–Crippen MR) is 111 cm³/mol. The van der Waals surface area contributed by atoms with E-state index in [-0.39, 0.29) is 0 Å². The Balaban J connectivity index is 2.04. The van der Waals surface area contributed by atoms with Crippen LogP contribution in [0.15, 0.2) is 40.0 Å². The molecule has 1 aromatic heterocycles. The van der Waals surface area contributed by atoms with Gasteiger partial charge in [0.1, 0.15) is 5.60 Å². The Morgan fingerprint density at radius 3 is 2.67 bits per heavy atom. The highest BCUT2D eigenvalue weighted by molar-refractivity contribution is 7.08. The molecule has 148 valence electrons. The summed E-state index contributed by atoms with van der Waals surface area (Å²) in [6.45, 7) is 7.92. The molecule has 1 atom stereocenters. The number of methoxy groups -OCH3 is 1. The van der Waals surface area contributed by atoms with Crippen LogP contribution in [0.5, 0.6) is 11.5 Å². The highest BCUT2D eigenvalue weighted by atomic mass is 32.1. The maximum atomic E-state index is 10.7. The lowest BCUT2D eigenvalue weighted by atomic mass is 9.99. The number of aliphatic hydroxyl groups is 1. The second kappa shape index (κ2) is 10.2. The van der Waals surface area contributed by atoms with E-state index in [1.165, 1.54) is 0 Å². The fraction of sp³-hybridized carbons (Fsp3) is 0.450. The second-order valence-electron chi connectivity index (χ2n) is 6.25. The average Bonchev–Trinajstić information content (AvgIpc) is 3.21. The van der Waals surface area contributed by atoms with Crippen molar-refractivity contribution in [1.82, 2.24) is 10.6 Å². The normalized spacial score (nSPS) is 13.7. The molecule has 0 spiro atoms. The third-order valence-corrected chi connectivity index (χ3v) is 4.72. The summed E-state index contributed by atoms with van der Waals surface area (Å²) in [7, 11) is 1.63. The lowest BCUT2D eigenvalue weighted by molar-refractivity contribution is 0.0621. The Kier molecular flexibility index (Phi) is 7.94. The van der Waals surface area contributed by atoms with Crippen molar-refractivity contribution >= 4 is 17.3 Å². The van der Waals surface area contributed by atoms with Gasteiger partial charge < -0.3 is 25.2 Å². The SMILES string of the molecule is CCNC(=NCc1ccc(OCC)c(OC)c1)NCC(C)(O)c1ccsc1. The number of benzene rings is 1. The van der Waals surface area contributed by atoms with Crippen molar-refractivity contribution in [2.45, 2.75) is 32.9 Å². The second-order valence-corrected chi connectivity index (χ2v) is 7.03. The quantitative estimate of drug-likeness (QED) is 0.452. The van der Waals surface area contributed by atoms with Gasteiger partial charge in [0.15, 0.2) is 17.5 Å². The Morgan fingerprint density at radius 1 is 1.22 bits per heavy atom. The minimum Gasteiger partial charge on any atom is -0.493 e. The molecule has 0 aliphatic rings. The molecule has 0 radical (unpaired) electrons. The lowest BCUT2D eigenvalue weighted by Crippen LogP contribution is -2.44. The van der Waals surface area contributed by atoms with Gasteiger partial charge in [-0.3, -0.25) is 0 Å². The largest absolute Gasteiger partial charge is 0.493 e. The van der Waals surface area contributed by atoms with Gasteiger partial charge in [-0.2, -0.15) is 11.3 Å². The molecule has 0 saturated carbocycles. The zero-order valence-electron chi connectivity index (χ0n) is 16.4. The van der Waals surface area contributed by atoms with Crippen LogP contribution in [-0.4, -0.2) is 37.9 Å². The monoisotopic (exact) mass is 391 g/mol. The number of guanidine groups is 1. The van der Waals surface area contributed by atoms with Crippen molar-refractivity contribution in [3.63, 3.8) is 0 Å². The molecule has 7 heteroatoms. The molecule has 0 amide bonds. The number of ether oxygens (including phenoxy) is 2. The van der Waals surface area contributed by atoms with Gasteiger partial charge in [0.25, 0.3) is 0 Å². The number of thiophene rings is 1. The van der Waals surface area contributed by atoms with E-state index < -0.39 is 5.60 Å². The fourth-order valence-electron chi connectivity index (χ4n) is 2.53. The van der Waals surface area contributed by atoms with E-state index in [1.54, 1.807) is 25.4 Å². The van der Waals surface area contributed by atoms with Crippen molar-refractivity contribution in [2.75, 3.05) is 26.8 Å². The molecule has 0 aliphatic heterocycles. The van der Waals surface area contributed by atoms with Gasteiger partial charge in [-0.25, -0.2) is 4.99 Å². The van der Waals surface area contributed by atoms with Gasteiger partial charge in [0, 0.05) is 6.54 Å². The van der Waals surface area contributed by atoms with E-state index >= 15 is 0 Å². The number of aliphatic imine (C=N–C) groups is 1. The van der Waals surface area contributed by atoms with Crippen LogP contribution in [0.4, 0.5) is 0 Å². The zero-order valence-corrected chi connectivity index (χ0v) is 17.2. The molecule has 1 heterocycles. The third kappa shape index (κ3) is 6.15. The molecular weight excluding hydrogens is 362 g/mol. The van der Waals surface area contributed by atoms with E-state index in [9.17, 15) is 5.11 Å². The fourth-order valence-corrected chi connectivity index (χ4v) is 3.31. The number of hydrogen-bond acceptors (Lipinski definition) is 5. The summed E-state index contributed by atoms with van der Waals surface area (Å²) in [6, 6.07) is 7.74. The molecule has 0 aliphatic carbocycles. The van der Waals surface area contributed by atoms with Crippen LogP contribution < -0.4 is 20.1 Å². The molecule has 2 rings (SSSR count). The molecule has 1 aromatic carbocycles. The van der Waals surface area contributed by atoms with Gasteiger partial charge in [0.05, 0.1) is 26.8 Å². The average molecular weight is 392 g/mol. The minimum atomic E-state index is -0.960. The predicted octanol–water partition coefficient (Wildman–Crippen LogP) is 3.12. The van der Waals surface area contributed by atoms with Crippen LogP contribution in [0.1, 0.15) is 31.9 Å². The van der Waals surface area contributed by atoms with Crippen LogP contribution in [-0.2, 0) is 12.1 Å². The van der Waals surface area contributed by atoms with Gasteiger partial charge in [-0.15, -0.1) is 0 Å². The maximum absolute atomic E-state index is 10.7. The van der Waals surface area contributed by atoms with Gasteiger partial charge >= 0.3 is 0 Å². The summed E-state index contributed by atoms with van der Waals surface area (Å²) in [4.78, 5) is 4.61. The Labute approximate surface area is 165 Å². The van der Waals surface area contributed by atoms with Crippen LogP contribution in [0.2, 0.25) is 0 Å². The summed E-state index contributed by atoms with van der Waals surface area (Å²) < 4.78 is 10.9. The first-order chi connectivity index (χ1) is 13.0. The number of rotatable bonds is 9. The highest BCUT2D eigenvalue weighted by Gasteiger charge is 2.23. The molecule has 3 N–H and O–H groups in total. The Morgan fingerprint density at radius 2 is 2.04 bits per heavy atom. The first-order valence-electron chi connectivity index (χ1n) is 9.07. The van der Waals surface area contributed by atoms with Gasteiger partial charge in [0.2, 0.25) is 0 Å². The van der Waals surface area contributed by atoms with Crippen LogP contribution >= 0.6 is 11.3 Å². The van der Waals surface area contributed by atoms with Crippen molar-refractivity contribution in [3.8, 4) is 11.5 Å². The molecule has 2 aromatic rings. The third-order valence-electron chi connectivity index (χ3n) is 4.03. The topological polar surface area (TPSA) is 75.1 Å². The zero-order chi connectivity index (χ0) is 19.7. The van der Waals surface area contributed by atoms with E-state index in [2.05, 4.69) is 15.6 Å². The van der Waals surface area contributed by atoms with E-state index in [0.717, 1.165) is 23.4 Å². The van der Waals surface area contributed by atoms with Crippen molar-refractivity contribution < 1.29 is 14.6 Å². The van der Waals surface area contributed by atoms with Gasteiger partial charge in [-0.1, -0.05) is 6.07 Å². The van der Waals surface area contributed by atoms with Crippen molar-refractivity contribution in [3.05, 3.63) is 46.2 Å². The summed E-state index contributed by atoms with van der Waals surface area (Å²) >= 11 is 1.57. The van der Waals surface area contributed by atoms with E-state index in [1.807, 2.05) is 48.9 Å². The molecule has 0 fully saturated rings. The smallest absolute Gasteiger partial charge is 0.191 e. The molecular formula is C20H29N3O3S. The Bertz CT molecular complexity index is 730. The van der Waals surface area contributed by atoms with Gasteiger partial charge in [-0.05, 0) is 60.9 Å². The minimum absolute atomic E-state index is 0.363. The first-order valence-corrected chi connectivity index (χ1v) is 10.0. The summed E-state index contributed by atoms with van der Waals surface area (Å²) in [5.74, 6) is 2.08. The number of nitrogens with zero attached hydrogens (tertiary/aromatic N) is 1. The highest BCUT2D eigenvalue weighted by Crippen LogP contribution is 2.28. The van der Waals surface area contributed by atoms with Crippen molar-refractivity contribution in [1.29, 1.82) is 0 Å². The first kappa shape index (κ1) is 21.1. The molecule has 0 bridgehead atoms. The molecule has 6 nitrogen and oxygen atoms in total. The maximum Gasteiger partial charge on any atom is 0.191 e.